The van der Waals surface area contributed by atoms with Gasteiger partial charge < -0.3 is 9.88 Å². The number of rotatable bonds is 8. The Morgan fingerprint density at radius 3 is 2.47 bits per heavy atom. The van der Waals surface area contributed by atoms with Gasteiger partial charge in [0.1, 0.15) is 17.2 Å². The Morgan fingerprint density at radius 2 is 1.76 bits per heavy atom. The smallest absolute Gasteiger partial charge is 0.326 e. The predicted molar refractivity (Wildman–Crippen MR) is 142 cm³/mol. The highest BCUT2D eigenvalue weighted by Gasteiger charge is 2.20. The first-order valence-corrected chi connectivity index (χ1v) is 12.5. The number of nitrogens with one attached hydrogen (secondary N) is 1. The van der Waals surface area contributed by atoms with Gasteiger partial charge in [0.15, 0.2) is 0 Å². The van der Waals surface area contributed by atoms with Gasteiger partial charge in [-0.15, -0.1) is 0 Å². The first-order chi connectivity index (χ1) is 18.2. The van der Waals surface area contributed by atoms with Crippen LogP contribution in [0, 0.1) is 11.7 Å². The largest absolute Gasteiger partial charge is 0.330 e. The zero-order valence-corrected chi connectivity index (χ0v) is 21.6. The minimum atomic E-state index is -0.364. The number of carbonyl (C=O) groups is 1. The minimum Gasteiger partial charge on any atom is -0.326 e. The Morgan fingerprint density at radius 1 is 1.03 bits per heavy atom. The third-order valence-electron chi connectivity index (χ3n) is 6.58. The van der Waals surface area contributed by atoms with Crippen LogP contribution in [0.25, 0.3) is 22.1 Å². The summed E-state index contributed by atoms with van der Waals surface area (Å²) in [6.45, 7) is 6.86. The topological polar surface area (TPSA) is 98.0 Å². The van der Waals surface area contributed by atoms with E-state index in [0.717, 1.165) is 22.2 Å². The highest BCUT2D eigenvalue weighted by molar-refractivity contribution is 5.88. The molecule has 0 spiro atoms. The van der Waals surface area contributed by atoms with E-state index < -0.39 is 0 Å². The number of anilines is 1. The van der Waals surface area contributed by atoms with Crippen LogP contribution in [-0.4, -0.2) is 29.8 Å². The first-order valence-electron chi connectivity index (χ1n) is 12.5. The molecule has 0 saturated carbocycles. The molecule has 0 fully saturated rings. The second kappa shape index (κ2) is 10.1. The number of benzene rings is 2. The van der Waals surface area contributed by atoms with Crippen molar-refractivity contribution >= 4 is 33.7 Å². The number of hydrogen-bond acceptors (Lipinski definition) is 4. The quantitative estimate of drug-likeness (QED) is 0.241. The average Bonchev–Trinajstić information content (AvgIpc) is 3.32. The van der Waals surface area contributed by atoms with Crippen LogP contribution in [-0.2, 0) is 24.4 Å². The van der Waals surface area contributed by atoms with Gasteiger partial charge in [0, 0.05) is 36.0 Å². The maximum atomic E-state index is 14.0. The van der Waals surface area contributed by atoms with Crippen LogP contribution in [0.4, 0.5) is 10.1 Å². The number of pyridine rings is 1. The lowest BCUT2D eigenvalue weighted by molar-refractivity contribution is -0.904. The molecule has 5 rings (SSSR count). The van der Waals surface area contributed by atoms with Crippen molar-refractivity contribution in [2.45, 2.75) is 46.8 Å². The first kappa shape index (κ1) is 25.2. The van der Waals surface area contributed by atoms with Gasteiger partial charge in [-0.2, -0.15) is 0 Å². The molecule has 0 saturated heterocycles. The van der Waals surface area contributed by atoms with Gasteiger partial charge >= 0.3 is 5.69 Å². The number of fused-ring (bicyclic) bond motifs is 2. The summed E-state index contributed by atoms with van der Waals surface area (Å²) < 4.78 is 20.2. The molecule has 38 heavy (non-hydrogen) atoms. The van der Waals surface area contributed by atoms with Crippen LogP contribution in [0.3, 0.4) is 0 Å². The van der Waals surface area contributed by atoms with Crippen molar-refractivity contribution < 1.29 is 19.1 Å². The standard InChI is InChI=1S/C28H29FN6O3/c1-18(2)10-13-33-24-9-6-21(29)14-23(24)31-27(33)17-35-26-16-32(38)12-11-25(26)34(28(35)37)15-20-4-7-22(8-5-20)30-19(3)36/h4-9,11-12,14,16,18H,10,13,15,17H2,1-3H3,(H-,30,36,38)/p+1. The molecule has 9 nitrogen and oxygen atoms in total. The molecule has 5 aromatic rings. The SMILES string of the molecule is CC(=O)Nc1ccc(Cn2c(=O)n(Cc3nc4cc(F)ccc4n3CCC(C)C)c3c[n+](O)ccc32)cc1. The lowest BCUT2D eigenvalue weighted by Gasteiger charge is -2.11. The summed E-state index contributed by atoms with van der Waals surface area (Å²) >= 11 is 0. The second-order valence-electron chi connectivity index (χ2n) is 9.92. The van der Waals surface area contributed by atoms with Gasteiger partial charge in [0.05, 0.1) is 29.6 Å². The summed E-state index contributed by atoms with van der Waals surface area (Å²) in [6, 6.07) is 13.5. The Kier molecular flexibility index (Phi) is 6.71. The Hall–Kier alpha value is -4.47. The van der Waals surface area contributed by atoms with Gasteiger partial charge in [0.25, 0.3) is 0 Å². The van der Waals surface area contributed by atoms with Crippen LogP contribution < -0.4 is 15.7 Å². The fourth-order valence-electron chi connectivity index (χ4n) is 4.69. The van der Waals surface area contributed by atoms with Gasteiger partial charge in [0.2, 0.25) is 18.3 Å². The van der Waals surface area contributed by atoms with Crippen LogP contribution >= 0.6 is 0 Å². The molecule has 0 bridgehead atoms. The molecule has 0 atom stereocenters. The molecule has 3 aromatic heterocycles. The molecule has 2 aromatic carbocycles. The Bertz CT molecular complexity index is 1700. The molecule has 2 N–H and O–H groups in total. The van der Waals surface area contributed by atoms with E-state index >= 15 is 0 Å². The number of halogens is 1. The molecule has 3 heterocycles. The summed E-state index contributed by atoms with van der Waals surface area (Å²) in [4.78, 5) is 29.8. The van der Waals surface area contributed by atoms with Crippen molar-refractivity contribution in [2.24, 2.45) is 5.92 Å². The van der Waals surface area contributed by atoms with Crippen molar-refractivity contribution in [2.75, 3.05) is 5.32 Å². The zero-order chi connectivity index (χ0) is 27.0. The fourth-order valence-corrected chi connectivity index (χ4v) is 4.69. The van der Waals surface area contributed by atoms with E-state index in [0.29, 0.717) is 47.1 Å². The summed E-state index contributed by atoms with van der Waals surface area (Å²) in [6.07, 6.45) is 3.87. The zero-order valence-electron chi connectivity index (χ0n) is 21.6. The molecular weight excluding hydrogens is 487 g/mol. The summed E-state index contributed by atoms with van der Waals surface area (Å²) in [5.74, 6) is 0.574. The molecule has 10 heteroatoms. The van der Waals surface area contributed by atoms with Gasteiger partial charge in [-0.05, 0) is 42.2 Å². The third-order valence-corrected chi connectivity index (χ3v) is 6.58. The lowest BCUT2D eigenvalue weighted by Crippen LogP contribution is -2.29. The number of hydrogen-bond donors (Lipinski definition) is 2. The van der Waals surface area contributed by atoms with Crippen LogP contribution in [0.2, 0.25) is 0 Å². The maximum Gasteiger partial charge on any atom is 0.330 e. The molecule has 0 radical (unpaired) electrons. The highest BCUT2D eigenvalue weighted by atomic mass is 19.1. The van der Waals surface area contributed by atoms with E-state index in [-0.39, 0.29) is 24.0 Å². The van der Waals surface area contributed by atoms with Gasteiger partial charge in [-0.1, -0.05) is 26.0 Å². The van der Waals surface area contributed by atoms with Crippen molar-refractivity contribution in [1.29, 1.82) is 0 Å². The second-order valence-corrected chi connectivity index (χ2v) is 9.92. The molecule has 1 amide bonds. The van der Waals surface area contributed by atoms with Gasteiger partial charge in [-0.3, -0.25) is 19.1 Å². The van der Waals surface area contributed by atoms with E-state index in [1.807, 2.05) is 16.7 Å². The fraction of sp³-hybridized carbons (Fsp3) is 0.286. The monoisotopic (exact) mass is 517 g/mol. The summed E-state index contributed by atoms with van der Waals surface area (Å²) in [7, 11) is 0. The van der Waals surface area contributed by atoms with E-state index in [1.165, 1.54) is 31.5 Å². The van der Waals surface area contributed by atoms with Crippen molar-refractivity contribution in [3.8, 4) is 0 Å². The van der Waals surface area contributed by atoms with Crippen molar-refractivity contribution in [1.82, 2.24) is 18.7 Å². The number of aromatic nitrogens is 5. The summed E-state index contributed by atoms with van der Waals surface area (Å²) in [5.41, 5.74) is 3.85. The van der Waals surface area contributed by atoms with Crippen LogP contribution in [0.5, 0.6) is 0 Å². The van der Waals surface area contributed by atoms with Crippen molar-refractivity contribution in [3.63, 3.8) is 0 Å². The Labute approximate surface area is 218 Å². The van der Waals surface area contributed by atoms with E-state index in [1.54, 1.807) is 33.4 Å². The number of amides is 1. The van der Waals surface area contributed by atoms with Gasteiger partial charge in [-0.25, -0.2) is 14.2 Å². The molecule has 196 valence electrons. The normalized spacial score (nSPS) is 11.6. The summed E-state index contributed by atoms with van der Waals surface area (Å²) in [5, 5.41) is 12.9. The number of aryl methyl sites for hydroxylation is 1. The number of imidazole rings is 2. The molecular formula is C28H30FN6O3+. The Balaban J connectivity index is 1.57. The van der Waals surface area contributed by atoms with Crippen molar-refractivity contribution in [3.05, 3.63) is 88.6 Å². The maximum absolute atomic E-state index is 14.0. The van der Waals surface area contributed by atoms with Crippen LogP contribution in [0.1, 0.15) is 38.6 Å². The molecule has 0 unspecified atom stereocenters. The molecule has 0 aliphatic carbocycles. The lowest BCUT2D eigenvalue weighted by atomic mass is 10.1. The number of nitrogens with zero attached hydrogens (tertiary/aromatic N) is 5. The molecule has 0 aliphatic rings. The third kappa shape index (κ3) is 5.02. The predicted octanol–water partition coefficient (Wildman–Crippen LogP) is 3.92. The molecule has 0 aliphatic heterocycles. The number of carbonyl (C=O) groups excluding carboxylic acids is 1. The highest BCUT2D eigenvalue weighted by Crippen LogP contribution is 2.22. The van der Waals surface area contributed by atoms with E-state index in [2.05, 4.69) is 19.2 Å². The van der Waals surface area contributed by atoms with E-state index in [9.17, 15) is 19.2 Å². The minimum absolute atomic E-state index is 0.155. The van der Waals surface area contributed by atoms with Crippen LogP contribution in [0.15, 0.2) is 65.7 Å². The average molecular weight is 518 g/mol. The van der Waals surface area contributed by atoms with E-state index in [4.69, 9.17) is 4.98 Å².